The van der Waals surface area contributed by atoms with Gasteiger partial charge < -0.3 is 18.8 Å². The van der Waals surface area contributed by atoms with Gasteiger partial charge in [0.25, 0.3) is 5.91 Å². The van der Waals surface area contributed by atoms with Crippen LogP contribution in [0.5, 0.6) is 5.75 Å². The van der Waals surface area contributed by atoms with Gasteiger partial charge in [0, 0.05) is 33.9 Å². The van der Waals surface area contributed by atoms with Crippen LogP contribution in [0.3, 0.4) is 0 Å². The third-order valence-electron chi connectivity index (χ3n) is 7.28. The maximum atomic E-state index is 15.1. The number of benzene rings is 3. The number of rotatable bonds is 4. The first-order chi connectivity index (χ1) is 19.2. The molecule has 0 spiro atoms. The van der Waals surface area contributed by atoms with Crippen molar-refractivity contribution in [1.29, 1.82) is 0 Å². The quantitative estimate of drug-likeness (QED) is 0.292. The lowest BCUT2D eigenvalue weighted by Gasteiger charge is -2.24. The molecule has 6 rings (SSSR count). The number of halogens is 3. The molecule has 3 heterocycles. The first kappa shape index (κ1) is 21.4. The number of fused-ring (bicyclic) bond motifs is 9. The molecule has 38 heavy (non-hydrogen) atoms. The molecule has 2 atom stereocenters. The molecule has 4 aromatic rings. The van der Waals surface area contributed by atoms with E-state index in [1.165, 1.54) is 37.6 Å². The highest BCUT2D eigenvalue weighted by molar-refractivity contribution is 7.70. The highest BCUT2D eigenvalue weighted by Crippen LogP contribution is 2.50. The zero-order valence-corrected chi connectivity index (χ0v) is 21.6. The fraction of sp³-hybridized carbons (Fsp3) is 0.286. The van der Waals surface area contributed by atoms with E-state index in [0.29, 0.717) is 33.5 Å². The largest absolute Gasteiger partial charge is 0.434 e. The van der Waals surface area contributed by atoms with Gasteiger partial charge in [0.15, 0.2) is 0 Å². The molecule has 0 radical (unpaired) electrons. The number of carbonyl (C=O) groups excluding carboxylic acids is 1. The number of amides is 1. The molecule has 0 aliphatic carbocycles. The molecule has 0 saturated carbocycles. The van der Waals surface area contributed by atoms with Crippen molar-refractivity contribution in [3.05, 3.63) is 76.9 Å². The number of hydrogen-bond donors (Lipinski definition) is 0. The summed E-state index contributed by atoms with van der Waals surface area (Å²) in [6, 6.07) is 10.7. The summed E-state index contributed by atoms with van der Waals surface area (Å²) < 4.78 is 85.6. The normalized spacial score (nSPS) is 20.1. The van der Waals surface area contributed by atoms with Crippen molar-refractivity contribution in [2.75, 3.05) is 20.3 Å². The summed E-state index contributed by atoms with van der Waals surface area (Å²) in [6.07, 6.45) is 0.0912. The number of aromatic nitrogens is 2. The summed E-state index contributed by atoms with van der Waals surface area (Å²) in [5.74, 6) is -1.31. The lowest BCUT2D eigenvalue weighted by Crippen LogP contribution is -2.30. The van der Waals surface area contributed by atoms with E-state index < -0.39 is 44.5 Å². The number of alkyl halides is 2. The Balaban J connectivity index is 1.59. The smallest absolute Gasteiger partial charge is 0.387 e. The van der Waals surface area contributed by atoms with Crippen LogP contribution in [0.1, 0.15) is 49.9 Å². The average molecular weight is 543 g/mol. The van der Waals surface area contributed by atoms with Crippen molar-refractivity contribution < 1.29 is 31.4 Å². The Bertz CT molecular complexity index is 1780. The minimum Gasteiger partial charge on any atom is -0.434 e. The highest BCUT2D eigenvalue weighted by atomic mass is 31.2. The monoisotopic (exact) mass is 542 g/mol. The highest BCUT2D eigenvalue weighted by Gasteiger charge is 2.45. The zero-order valence-electron chi connectivity index (χ0n) is 23.7. The summed E-state index contributed by atoms with van der Waals surface area (Å²) in [5, 5.41) is 0.190. The van der Waals surface area contributed by atoms with Gasteiger partial charge in [-0.25, -0.2) is 9.37 Å². The molecule has 2 bridgehead atoms. The van der Waals surface area contributed by atoms with Crippen LogP contribution in [0.15, 0.2) is 48.5 Å². The molecule has 3 aromatic carbocycles. The molecule has 6 nitrogen and oxygen atoms in total. The average Bonchev–Trinajstić information content (AvgIpc) is 3.34. The standard InChI is InChI=1S/C28H25F3N3O3P/c1-14-10-16(11-18(29)25(14)38(3,4)36)15-8-9-19-20(12-15)34-21-13-22(26(34)32-19)33(2)27(35)17-6-5-7-23(24(17)21)37-28(30)31/h5-12,21-22,28H,13H2,1-4H3/t21-,22-/m1/s1/i2D3. The summed E-state index contributed by atoms with van der Waals surface area (Å²) in [6.45, 7) is -1.27. The van der Waals surface area contributed by atoms with Crippen LogP contribution >= 0.6 is 7.14 Å². The number of carbonyl (C=O) groups is 1. The predicted molar refractivity (Wildman–Crippen MR) is 140 cm³/mol. The maximum absolute atomic E-state index is 15.1. The molecule has 10 heteroatoms. The molecule has 1 amide bonds. The van der Waals surface area contributed by atoms with Crippen LogP contribution in [0.2, 0.25) is 0 Å². The lowest BCUT2D eigenvalue weighted by atomic mass is 9.97. The topological polar surface area (TPSA) is 64.4 Å². The molecular weight excluding hydrogens is 514 g/mol. The number of ether oxygens (including phenoxy) is 1. The summed E-state index contributed by atoms with van der Waals surface area (Å²) in [4.78, 5) is 19.0. The van der Waals surface area contributed by atoms with Crippen LogP contribution in [0, 0.1) is 12.7 Å². The lowest BCUT2D eigenvalue weighted by molar-refractivity contribution is -0.0507. The number of aryl methyl sites for hydroxylation is 1. The molecule has 2 aliphatic heterocycles. The van der Waals surface area contributed by atoms with E-state index in [4.69, 9.17) is 8.85 Å². The van der Waals surface area contributed by atoms with Crippen LogP contribution < -0.4 is 10.0 Å². The molecule has 0 fully saturated rings. The fourth-order valence-electron chi connectivity index (χ4n) is 5.87. The van der Waals surface area contributed by atoms with Gasteiger partial charge >= 0.3 is 6.61 Å². The Morgan fingerprint density at radius 3 is 2.61 bits per heavy atom. The zero-order chi connectivity index (χ0) is 29.6. The first-order valence-corrected chi connectivity index (χ1v) is 14.6. The fourth-order valence-corrected chi connectivity index (χ4v) is 7.37. The predicted octanol–water partition coefficient (Wildman–Crippen LogP) is 6.12. The van der Waals surface area contributed by atoms with Gasteiger partial charge in [-0.1, -0.05) is 18.2 Å². The number of hydrogen-bond acceptors (Lipinski definition) is 4. The van der Waals surface area contributed by atoms with Crippen molar-refractivity contribution in [2.45, 2.75) is 32.0 Å². The van der Waals surface area contributed by atoms with Gasteiger partial charge in [-0.05, 0) is 67.3 Å². The Kier molecular flexibility index (Phi) is 4.76. The van der Waals surface area contributed by atoms with E-state index in [9.17, 15) is 18.1 Å². The van der Waals surface area contributed by atoms with E-state index in [1.54, 1.807) is 35.8 Å². The van der Waals surface area contributed by atoms with Crippen molar-refractivity contribution in [2.24, 2.45) is 0 Å². The SMILES string of the molecule is [2H]C([2H])([2H])N1C(=O)c2cccc(OC(F)F)c2[C@H]2C[C@@H]1c1nc3ccc(-c4cc(C)c(P(C)(C)=O)c(F)c4)cc3n12. The molecule has 2 aliphatic rings. The van der Waals surface area contributed by atoms with Gasteiger partial charge in [-0.15, -0.1) is 0 Å². The number of imidazole rings is 1. The van der Waals surface area contributed by atoms with Gasteiger partial charge in [-0.2, -0.15) is 8.78 Å². The summed E-state index contributed by atoms with van der Waals surface area (Å²) in [7, 11) is -2.86. The van der Waals surface area contributed by atoms with Gasteiger partial charge in [0.2, 0.25) is 0 Å². The molecule has 0 N–H and O–H groups in total. The Morgan fingerprint density at radius 1 is 1.13 bits per heavy atom. The van der Waals surface area contributed by atoms with Crippen LogP contribution in [0.25, 0.3) is 22.2 Å². The Labute approximate surface area is 221 Å². The van der Waals surface area contributed by atoms with Crippen LogP contribution in [0.4, 0.5) is 13.2 Å². The van der Waals surface area contributed by atoms with Crippen molar-refractivity contribution in [3.8, 4) is 16.9 Å². The second kappa shape index (κ2) is 8.46. The first-order valence-electron chi connectivity index (χ1n) is 13.5. The van der Waals surface area contributed by atoms with Gasteiger partial charge in [-0.3, -0.25) is 4.79 Å². The Morgan fingerprint density at radius 2 is 1.92 bits per heavy atom. The minimum absolute atomic E-state index is 0.0349. The summed E-state index contributed by atoms with van der Waals surface area (Å²) in [5.41, 5.74) is 2.88. The van der Waals surface area contributed by atoms with E-state index in [2.05, 4.69) is 4.98 Å². The van der Waals surface area contributed by atoms with E-state index >= 15 is 4.39 Å². The van der Waals surface area contributed by atoms with Crippen LogP contribution in [-0.4, -0.2) is 47.3 Å². The molecule has 0 unspecified atom stereocenters. The van der Waals surface area contributed by atoms with E-state index in [-0.39, 0.29) is 28.6 Å². The van der Waals surface area contributed by atoms with E-state index in [0.717, 1.165) is 4.90 Å². The van der Waals surface area contributed by atoms with Crippen molar-refractivity contribution >= 4 is 29.4 Å². The van der Waals surface area contributed by atoms with Crippen molar-refractivity contribution in [1.82, 2.24) is 14.5 Å². The molecule has 1 aromatic heterocycles. The third kappa shape index (κ3) is 3.67. The third-order valence-corrected chi connectivity index (χ3v) is 8.92. The molecular formula is C28H25F3N3O3P. The van der Waals surface area contributed by atoms with Crippen LogP contribution in [-0.2, 0) is 4.57 Å². The number of nitrogens with zero attached hydrogens (tertiary/aromatic N) is 3. The maximum Gasteiger partial charge on any atom is 0.387 e. The summed E-state index contributed by atoms with van der Waals surface area (Å²) >= 11 is 0. The Hall–Kier alpha value is -3.58. The van der Waals surface area contributed by atoms with Gasteiger partial charge in [0.1, 0.15) is 24.5 Å². The molecule has 196 valence electrons. The second-order valence-electron chi connectivity index (χ2n) is 10.1. The van der Waals surface area contributed by atoms with Gasteiger partial charge in [0.05, 0.1) is 23.1 Å². The minimum atomic E-state index is -3.16. The second-order valence-corrected chi connectivity index (χ2v) is 13.2. The van der Waals surface area contributed by atoms with Crippen molar-refractivity contribution in [3.63, 3.8) is 0 Å². The molecule has 0 saturated heterocycles. The van der Waals surface area contributed by atoms with E-state index in [1.807, 2.05) is 0 Å².